The molecular formula is C16H20N2OS. The van der Waals surface area contributed by atoms with Gasteiger partial charge in [-0.2, -0.15) is 0 Å². The Labute approximate surface area is 124 Å². The number of carbonyl (C=O) groups excluding carboxylic acids is 1. The van der Waals surface area contributed by atoms with E-state index in [0.29, 0.717) is 25.6 Å². The lowest BCUT2D eigenvalue weighted by Crippen LogP contribution is -2.28. The maximum absolute atomic E-state index is 11.7. The summed E-state index contributed by atoms with van der Waals surface area (Å²) in [6.07, 6.45) is 0.503. The largest absolute Gasteiger partial charge is 0.352 e. The minimum absolute atomic E-state index is 0.0831. The fourth-order valence-corrected chi connectivity index (χ4v) is 2.68. The number of carbonyl (C=O) groups is 1. The minimum atomic E-state index is 0.0831. The summed E-state index contributed by atoms with van der Waals surface area (Å²) < 4.78 is 0. The first-order valence-electron chi connectivity index (χ1n) is 6.83. The molecule has 0 aliphatic heterocycles. The molecule has 0 fully saturated rings. The van der Waals surface area contributed by atoms with E-state index in [1.807, 2.05) is 36.4 Å². The van der Waals surface area contributed by atoms with Crippen molar-refractivity contribution in [1.82, 2.24) is 10.6 Å². The Bertz CT molecular complexity index is 511. The Morgan fingerprint density at radius 2 is 2.00 bits per heavy atom. The summed E-state index contributed by atoms with van der Waals surface area (Å²) in [7, 11) is 0. The van der Waals surface area contributed by atoms with E-state index in [1.54, 1.807) is 11.3 Å². The standard InChI is InChI=1S/C16H20N2OS/c1-13(15-8-5-11-20-15)17-10-9-16(19)18-12-14-6-3-2-4-7-14/h2-8,11,13,17H,9-10,12H2,1H3,(H,18,19)/t13-/m1/s1. The van der Waals surface area contributed by atoms with Crippen molar-refractivity contribution in [2.75, 3.05) is 6.54 Å². The predicted octanol–water partition coefficient (Wildman–Crippen LogP) is 3.11. The lowest BCUT2D eigenvalue weighted by Gasteiger charge is -2.12. The van der Waals surface area contributed by atoms with Crippen LogP contribution >= 0.6 is 11.3 Å². The van der Waals surface area contributed by atoms with Gasteiger partial charge in [-0.05, 0) is 23.9 Å². The van der Waals surface area contributed by atoms with Crippen LogP contribution in [0.3, 0.4) is 0 Å². The van der Waals surface area contributed by atoms with E-state index in [-0.39, 0.29) is 5.91 Å². The summed E-state index contributed by atoms with van der Waals surface area (Å²) in [5, 5.41) is 8.36. The Morgan fingerprint density at radius 3 is 2.70 bits per heavy atom. The van der Waals surface area contributed by atoms with E-state index < -0.39 is 0 Å². The molecule has 0 aliphatic carbocycles. The number of hydrogen-bond acceptors (Lipinski definition) is 3. The first-order chi connectivity index (χ1) is 9.75. The summed E-state index contributed by atoms with van der Waals surface area (Å²) >= 11 is 1.73. The molecule has 1 heterocycles. The quantitative estimate of drug-likeness (QED) is 0.822. The molecule has 1 aromatic carbocycles. The van der Waals surface area contributed by atoms with Crippen molar-refractivity contribution in [2.24, 2.45) is 0 Å². The Kier molecular flexibility index (Phi) is 5.77. The molecular weight excluding hydrogens is 268 g/mol. The van der Waals surface area contributed by atoms with E-state index in [1.165, 1.54) is 4.88 Å². The summed E-state index contributed by atoms with van der Waals surface area (Å²) in [5.74, 6) is 0.0831. The first-order valence-corrected chi connectivity index (χ1v) is 7.71. The number of benzene rings is 1. The summed E-state index contributed by atoms with van der Waals surface area (Å²) in [4.78, 5) is 13.0. The average Bonchev–Trinajstić information content (AvgIpc) is 3.00. The molecule has 2 rings (SSSR count). The van der Waals surface area contributed by atoms with Gasteiger partial charge in [-0.1, -0.05) is 36.4 Å². The van der Waals surface area contributed by atoms with Crippen LogP contribution in [0.25, 0.3) is 0 Å². The van der Waals surface area contributed by atoms with E-state index in [2.05, 4.69) is 29.0 Å². The molecule has 4 heteroatoms. The van der Waals surface area contributed by atoms with Crippen LogP contribution in [0.2, 0.25) is 0 Å². The number of amides is 1. The van der Waals surface area contributed by atoms with Crippen LogP contribution in [0.4, 0.5) is 0 Å². The molecule has 0 saturated carbocycles. The zero-order valence-corrected chi connectivity index (χ0v) is 12.5. The van der Waals surface area contributed by atoms with Gasteiger partial charge in [0.25, 0.3) is 0 Å². The van der Waals surface area contributed by atoms with Crippen LogP contribution in [-0.4, -0.2) is 12.5 Å². The molecule has 2 N–H and O–H groups in total. The van der Waals surface area contributed by atoms with Gasteiger partial charge in [0.1, 0.15) is 0 Å². The summed E-state index contributed by atoms with van der Waals surface area (Å²) in [6, 6.07) is 14.4. The van der Waals surface area contributed by atoms with Gasteiger partial charge in [0.15, 0.2) is 0 Å². The Hall–Kier alpha value is -1.65. The number of hydrogen-bond donors (Lipinski definition) is 2. The zero-order chi connectivity index (χ0) is 14.2. The third-order valence-electron chi connectivity index (χ3n) is 3.11. The zero-order valence-electron chi connectivity index (χ0n) is 11.6. The van der Waals surface area contributed by atoms with Gasteiger partial charge in [-0.25, -0.2) is 0 Å². The maximum Gasteiger partial charge on any atom is 0.221 e. The fraction of sp³-hybridized carbons (Fsp3) is 0.312. The fourth-order valence-electron chi connectivity index (χ4n) is 1.93. The lowest BCUT2D eigenvalue weighted by molar-refractivity contribution is -0.121. The second kappa shape index (κ2) is 7.82. The van der Waals surface area contributed by atoms with Gasteiger partial charge in [-0.3, -0.25) is 4.79 Å². The van der Waals surface area contributed by atoms with Crippen molar-refractivity contribution >= 4 is 17.2 Å². The topological polar surface area (TPSA) is 41.1 Å². The average molecular weight is 288 g/mol. The summed E-state index contributed by atoms with van der Waals surface area (Å²) in [5.41, 5.74) is 1.13. The molecule has 3 nitrogen and oxygen atoms in total. The predicted molar refractivity (Wildman–Crippen MR) is 83.6 cm³/mol. The van der Waals surface area contributed by atoms with Gasteiger partial charge in [0.2, 0.25) is 5.91 Å². The Balaban J connectivity index is 1.63. The minimum Gasteiger partial charge on any atom is -0.352 e. The van der Waals surface area contributed by atoms with Crippen LogP contribution in [0.5, 0.6) is 0 Å². The third kappa shape index (κ3) is 4.79. The smallest absolute Gasteiger partial charge is 0.221 e. The summed E-state index contributed by atoms with van der Waals surface area (Å²) in [6.45, 7) is 3.41. The highest BCUT2D eigenvalue weighted by atomic mass is 32.1. The number of rotatable bonds is 7. The molecule has 0 unspecified atom stereocenters. The molecule has 0 saturated heterocycles. The van der Waals surface area contributed by atoms with E-state index in [4.69, 9.17) is 0 Å². The lowest BCUT2D eigenvalue weighted by atomic mass is 10.2. The van der Waals surface area contributed by atoms with Crippen molar-refractivity contribution < 1.29 is 4.79 Å². The normalized spacial score (nSPS) is 12.1. The molecule has 0 bridgehead atoms. The molecule has 1 aromatic heterocycles. The molecule has 0 radical (unpaired) electrons. The van der Waals surface area contributed by atoms with Crippen LogP contribution in [-0.2, 0) is 11.3 Å². The molecule has 2 aromatic rings. The third-order valence-corrected chi connectivity index (χ3v) is 4.16. The molecule has 0 aliphatic rings. The van der Waals surface area contributed by atoms with E-state index in [0.717, 1.165) is 5.56 Å². The van der Waals surface area contributed by atoms with Crippen LogP contribution < -0.4 is 10.6 Å². The van der Waals surface area contributed by atoms with Gasteiger partial charge in [0.05, 0.1) is 0 Å². The highest BCUT2D eigenvalue weighted by Gasteiger charge is 2.06. The van der Waals surface area contributed by atoms with Crippen LogP contribution in [0, 0.1) is 0 Å². The number of nitrogens with one attached hydrogen (secondary N) is 2. The number of thiophene rings is 1. The van der Waals surface area contributed by atoms with Crippen LogP contribution in [0.1, 0.15) is 29.8 Å². The molecule has 0 spiro atoms. The highest BCUT2D eigenvalue weighted by Crippen LogP contribution is 2.17. The van der Waals surface area contributed by atoms with Crippen molar-refractivity contribution in [2.45, 2.75) is 25.9 Å². The molecule has 1 amide bonds. The van der Waals surface area contributed by atoms with Crippen molar-refractivity contribution in [3.63, 3.8) is 0 Å². The van der Waals surface area contributed by atoms with E-state index >= 15 is 0 Å². The van der Waals surface area contributed by atoms with Crippen LogP contribution in [0.15, 0.2) is 47.8 Å². The van der Waals surface area contributed by atoms with Crippen molar-refractivity contribution in [3.05, 3.63) is 58.3 Å². The molecule has 106 valence electrons. The van der Waals surface area contributed by atoms with Gasteiger partial charge in [-0.15, -0.1) is 11.3 Å². The monoisotopic (exact) mass is 288 g/mol. The van der Waals surface area contributed by atoms with Gasteiger partial charge < -0.3 is 10.6 Å². The molecule has 20 heavy (non-hydrogen) atoms. The van der Waals surface area contributed by atoms with Crippen molar-refractivity contribution in [3.8, 4) is 0 Å². The Morgan fingerprint density at radius 1 is 1.20 bits per heavy atom. The molecule has 1 atom stereocenters. The SMILES string of the molecule is C[C@@H](NCCC(=O)NCc1ccccc1)c1cccs1. The highest BCUT2D eigenvalue weighted by molar-refractivity contribution is 7.10. The second-order valence-electron chi connectivity index (χ2n) is 4.70. The maximum atomic E-state index is 11.7. The van der Waals surface area contributed by atoms with Gasteiger partial charge in [0, 0.05) is 30.4 Å². The van der Waals surface area contributed by atoms with E-state index in [9.17, 15) is 4.79 Å². The van der Waals surface area contributed by atoms with Gasteiger partial charge >= 0.3 is 0 Å². The second-order valence-corrected chi connectivity index (χ2v) is 5.68. The van der Waals surface area contributed by atoms with Crippen molar-refractivity contribution in [1.29, 1.82) is 0 Å². The first kappa shape index (κ1) is 14.8.